The van der Waals surface area contributed by atoms with Gasteiger partial charge in [0.2, 0.25) is 5.91 Å². The van der Waals surface area contributed by atoms with Gasteiger partial charge in [0.05, 0.1) is 28.1 Å². The van der Waals surface area contributed by atoms with Gasteiger partial charge in [0.15, 0.2) is 11.0 Å². The summed E-state index contributed by atoms with van der Waals surface area (Å²) in [5, 5.41) is 15.8. The number of nitrogens with one attached hydrogen (secondary N) is 2. The zero-order valence-electron chi connectivity index (χ0n) is 19.9. The standard InChI is InChI=1S/C24H26BrCl2N5O2S/c1-12(2)21(29-23(34)16-7-6-15(26)10-18(16)27)22-30-31-24(32(22)5)35-11-20(33)28-19-9-14(4)13(3)8-17(19)25/h6-10,12,21H,11H2,1-5H3,(H,28,33)(H,29,34)/t21-/m0/s1. The summed E-state index contributed by atoms with van der Waals surface area (Å²) in [5.41, 5.74) is 3.28. The van der Waals surface area contributed by atoms with E-state index in [1.165, 1.54) is 17.8 Å². The second kappa shape index (κ2) is 11.8. The molecule has 3 aromatic rings. The third-order valence-electron chi connectivity index (χ3n) is 5.47. The Bertz CT molecular complexity index is 1260. The van der Waals surface area contributed by atoms with Crippen molar-refractivity contribution in [2.24, 2.45) is 13.0 Å². The smallest absolute Gasteiger partial charge is 0.253 e. The number of benzene rings is 2. The van der Waals surface area contributed by atoms with Crippen molar-refractivity contribution in [3.63, 3.8) is 0 Å². The Labute approximate surface area is 227 Å². The van der Waals surface area contributed by atoms with Gasteiger partial charge in [-0.25, -0.2) is 0 Å². The molecule has 0 saturated carbocycles. The van der Waals surface area contributed by atoms with E-state index in [9.17, 15) is 9.59 Å². The Morgan fingerprint density at radius 3 is 2.46 bits per heavy atom. The van der Waals surface area contributed by atoms with Crippen molar-refractivity contribution in [2.45, 2.75) is 38.9 Å². The van der Waals surface area contributed by atoms with Crippen LogP contribution in [-0.2, 0) is 11.8 Å². The molecule has 0 aliphatic heterocycles. The van der Waals surface area contributed by atoms with Gasteiger partial charge >= 0.3 is 0 Å². The molecular weight excluding hydrogens is 573 g/mol. The van der Waals surface area contributed by atoms with Crippen molar-refractivity contribution in [2.75, 3.05) is 11.1 Å². The molecule has 2 amide bonds. The molecule has 0 aliphatic rings. The maximum Gasteiger partial charge on any atom is 0.253 e. The molecular formula is C24H26BrCl2N5O2S. The number of halogens is 3. The Kier molecular flexibility index (Phi) is 9.26. The first-order chi connectivity index (χ1) is 16.5. The lowest BCUT2D eigenvalue weighted by molar-refractivity contribution is -0.113. The highest BCUT2D eigenvalue weighted by Crippen LogP contribution is 2.28. The van der Waals surface area contributed by atoms with E-state index in [0.29, 0.717) is 21.6 Å². The number of rotatable bonds is 8. The number of anilines is 1. The van der Waals surface area contributed by atoms with E-state index in [4.69, 9.17) is 23.2 Å². The first-order valence-corrected chi connectivity index (χ1v) is 13.4. The average molecular weight is 599 g/mol. The average Bonchev–Trinajstić information content (AvgIpc) is 3.14. The van der Waals surface area contributed by atoms with E-state index in [1.54, 1.807) is 16.7 Å². The highest BCUT2D eigenvalue weighted by molar-refractivity contribution is 9.10. The fraction of sp³-hybridized carbons (Fsp3) is 0.333. The fourth-order valence-corrected chi connectivity index (χ4v) is 5.11. The van der Waals surface area contributed by atoms with Crippen LogP contribution in [0.15, 0.2) is 40.0 Å². The molecule has 1 heterocycles. The number of aromatic nitrogens is 3. The van der Waals surface area contributed by atoms with Crippen LogP contribution in [0.1, 0.15) is 47.2 Å². The van der Waals surface area contributed by atoms with Gasteiger partial charge in [-0.05, 0) is 77.2 Å². The van der Waals surface area contributed by atoms with Crippen LogP contribution in [0.5, 0.6) is 0 Å². The number of amides is 2. The molecule has 0 fully saturated rings. The summed E-state index contributed by atoms with van der Waals surface area (Å²) >= 11 is 16.9. The summed E-state index contributed by atoms with van der Waals surface area (Å²) in [4.78, 5) is 25.4. The molecule has 0 saturated heterocycles. The molecule has 2 aromatic carbocycles. The lowest BCUT2D eigenvalue weighted by Gasteiger charge is -2.22. The molecule has 0 unspecified atom stereocenters. The van der Waals surface area contributed by atoms with E-state index in [1.807, 2.05) is 46.9 Å². The Morgan fingerprint density at radius 1 is 1.11 bits per heavy atom. The highest BCUT2D eigenvalue weighted by atomic mass is 79.9. The summed E-state index contributed by atoms with van der Waals surface area (Å²) in [5.74, 6) is 0.273. The number of aryl methyl sites for hydroxylation is 2. The van der Waals surface area contributed by atoms with Crippen molar-refractivity contribution in [3.05, 3.63) is 67.4 Å². The first-order valence-electron chi connectivity index (χ1n) is 10.8. The number of carbonyl (C=O) groups is 2. The van der Waals surface area contributed by atoms with Crippen molar-refractivity contribution in [1.29, 1.82) is 0 Å². The minimum absolute atomic E-state index is 0.0243. The van der Waals surface area contributed by atoms with Gasteiger partial charge in [0.25, 0.3) is 5.91 Å². The zero-order chi connectivity index (χ0) is 25.9. The molecule has 0 radical (unpaired) electrons. The van der Waals surface area contributed by atoms with Gasteiger partial charge in [-0.15, -0.1) is 10.2 Å². The van der Waals surface area contributed by atoms with Gasteiger partial charge in [0.1, 0.15) is 0 Å². The Morgan fingerprint density at radius 2 is 1.80 bits per heavy atom. The molecule has 3 rings (SSSR count). The van der Waals surface area contributed by atoms with E-state index in [-0.39, 0.29) is 28.5 Å². The maximum atomic E-state index is 12.9. The van der Waals surface area contributed by atoms with Gasteiger partial charge < -0.3 is 15.2 Å². The second-order valence-corrected chi connectivity index (χ2v) is 11.1. The largest absolute Gasteiger partial charge is 0.342 e. The van der Waals surface area contributed by atoms with Gasteiger partial charge in [0, 0.05) is 16.5 Å². The van der Waals surface area contributed by atoms with Crippen molar-refractivity contribution in [1.82, 2.24) is 20.1 Å². The van der Waals surface area contributed by atoms with Crippen LogP contribution in [0.3, 0.4) is 0 Å². The molecule has 186 valence electrons. The molecule has 0 spiro atoms. The quantitative estimate of drug-likeness (QED) is 0.295. The number of nitrogens with zero attached hydrogens (tertiary/aromatic N) is 3. The summed E-state index contributed by atoms with van der Waals surface area (Å²) in [6.07, 6.45) is 0. The zero-order valence-corrected chi connectivity index (χ0v) is 23.9. The van der Waals surface area contributed by atoms with Crippen LogP contribution in [0.2, 0.25) is 10.0 Å². The van der Waals surface area contributed by atoms with Crippen LogP contribution in [0, 0.1) is 19.8 Å². The molecule has 7 nitrogen and oxygen atoms in total. The lowest BCUT2D eigenvalue weighted by Crippen LogP contribution is -2.33. The van der Waals surface area contributed by atoms with Crippen molar-refractivity contribution >= 4 is 68.4 Å². The van der Waals surface area contributed by atoms with E-state index >= 15 is 0 Å². The van der Waals surface area contributed by atoms with Crippen LogP contribution >= 0.6 is 50.9 Å². The maximum absolute atomic E-state index is 12.9. The Hall–Kier alpha value is -2.07. The summed E-state index contributed by atoms with van der Waals surface area (Å²) in [6.45, 7) is 7.97. The van der Waals surface area contributed by atoms with E-state index < -0.39 is 6.04 Å². The highest BCUT2D eigenvalue weighted by Gasteiger charge is 2.26. The number of carbonyl (C=O) groups excluding carboxylic acids is 2. The number of thioether (sulfide) groups is 1. The van der Waals surface area contributed by atoms with Crippen LogP contribution in [0.25, 0.3) is 0 Å². The molecule has 1 aromatic heterocycles. The predicted octanol–water partition coefficient (Wildman–Crippen LogP) is 6.36. The lowest BCUT2D eigenvalue weighted by atomic mass is 10.0. The third-order valence-corrected chi connectivity index (χ3v) is 7.69. The summed E-state index contributed by atoms with van der Waals surface area (Å²) < 4.78 is 2.62. The number of hydrogen-bond acceptors (Lipinski definition) is 5. The third kappa shape index (κ3) is 6.78. The normalized spacial score (nSPS) is 12.0. The van der Waals surface area contributed by atoms with E-state index in [0.717, 1.165) is 21.3 Å². The summed E-state index contributed by atoms with van der Waals surface area (Å²) in [6, 6.07) is 8.23. The molecule has 11 heteroatoms. The SMILES string of the molecule is Cc1cc(Br)c(NC(=O)CSc2nnc([C@@H](NC(=O)c3ccc(Cl)cc3Cl)C(C)C)n2C)cc1C. The first kappa shape index (κ1) is 27.5. The topological polar surface area (TPSA) is 88.9 Å². The van der Waals surface area contributed by atoms with Crippen LogP contribution in [-0.4, -0.2) is 32.3 Å². The van der Waals surface area contributed by atoms with Crippen LogP contribution in [0.4, 0.5) is 5.69 Å². The predicted molar refractivity (Wildman–Crippen MR) is 145 cm³/mol. The molecule has 0 aliphatic carbocycles. The van der Waals surface area contributed by atoms with E-state index in [2.05, 4.69) is 36.8 Å². The van der Waals surface area contributed by atoms with Crippen LogP contribution < -0.4 is 10.6 Å². The summed E-state index contributed by atoms with van der Waals surface area (Å²) in [7, 11) is 1.81. The Balaban J connectivity index is 1.69. The molecule has 2 N–H and O–H groups in total. The van der Waals surface area contributed by atoms with Crippen molar-refractivity contribution in [3.8, 4) is 0 Å². The van der Waals surface area contributed by atoms with Gasteiger partial charge in [-0.1, -0.05) is 48.8 Å². The fourth-order valence-electron chi connectivity index (χ4n) is 3.34. The second-order valence-electron chi connectivity index (χ2n) is 8.47. The molecule has 0 bridgehead atoms. The minimum Gasteiger partial charge on any atom is -0.342 e. The molecule has 1 atom stereocenters. The van der Waals surface area contributed by atoms with Crippen molar-refractivity contribution < 1.29 is 9.59 Å². The van der Waals surface area contributed by atoms with Gasteiger partial charge in [-0.2, -0.15) is 0 Å². The minimum atomic E-state index is -0.415. The molecule has 35 heavy (non-hydrogen) atoms. The van der Waals surface area contributed by atoms with Gasteiger partial charge in [-0.3, -0.25) is 9.59 Å². The monoisotopic (exact) mass is 597 g/mol. The number of hydrogen-bond donors (Lipinski definition) is 2.